The lowest BCUT2D eigenvalue weighted by Gasteiger charge is -2.20. The maximum absolute atomic E-state index is 13.5. The fraction of sp³-hybridized carbons (Fsp3) is 0.385. The second kappa shape index (κ2) is 6.00. The van der Waals surface area contributed by atoms with E-state index in [0.29, 0.717) is 6.42 Å². The summed E-state index contributed by atoms with van der Waals surface area (Å²) in [5, 5.41) is 8.90. The number of para-hydroxylation sites is 1. The molecule has 0 fully saturated rings. The maximum Gasteiger partial charge on any atom is 0.244 e. The van der Waals surface area contributed by atoms with E-state index in [9.17, 15) is 9.18 Å². The van der Waals surface area contributed by atoms with Crippen LogP contribution in [0.5, 0.6) is 0 Å². The summed E-state index contributed by atoms with van der Waals surface area (Å²) in [5.41, 5.74) is 0.203. The number of carbonyl (C=O) groups is 1. The van der Waals surface area contributed by atoms with Gasteiger partial charge in [0.25, 0.3) is 0 Å². The Balaban J connectivity index is 2.90. The van der Waals surface area contributed by atoms with Gasteiger partial charge in [0.05, 0.1) is 11.8 Å². The second-order valence-corrected chi connectivity index (χ2v) is 3.82. The first-order chi connectivity index (χ1) is 8.11. The van der Waals surface area contributed by atoms with E-state index in [2.05, 4.69) is 0 Å². The number of nitriles is 1. The van der Waals surface area contributed by atoms with Crippen molar-refractivity contribution >= 4 is 11.6 Å². The van der Waals surface area contributed by atoms with E-state index in [1.807, 2.05) is 13.0 Å². The molecule has 1 aromatic rings. The van der Waals surface area contributed by atoms with Crippen molar-refractivity contribution in [3.8, 4) is 6.07 Å². The van der Waals surface area contributed by atoms with Gasteiger partial charge >= 0.3 is 0 Å². The maximum atomic E-state index is 13.5. The molecule has 0 N–H and O–H groups in total. The van der Waals surface area contributed by atoms with Gasteiger partial charge in [-0.15, -0.1) is 0 Å². The van der Waals surface area contributed by atoms with Gasteiger partial charge in [-0.25, -0.2) is 4.39 Å². The van der Waals surface area contributed by atoms with Gasteiger partial charge in [0.2, 0.25) is 5.91 Å². The summed E-state index contributed by atoms with van der Waals surface area (Å²) in [7, 11) is 1.49. The summed E-state index contributed by atoms with van der Waals surface area (Å²) in [6, 6.07) is 7.99. The average Bonchev–Trinajstić information content (AvgIpc) is 2.35. The molecule has 1 aromatic carbocycles. The van der Waals surface area contributed by atoms with Gasteiger partial charge in [0.15, 0.2) is 0 Å². The number of carbonyl (C=O) groups excluding carboxylic acids is 1. The molecule has 4 heteroatoms. The Morgan fingerprint density at radius 2 is 2.18 bits per heavy atom. The van der Waals surface area contributed by atoms with Crippen LogP contribution in [0.3, 0.4) is 0 Å². The predicted octanol–water partition coefficient (Wildman–Crippen LogP) is 2.73. The first-order valence-corrected chi connectivity index (χ1v) is 5.53. The molecule has 0 radical (unpaired) electrons. The summed E-state index contributed by atoms with van der Waals surface area (Å²) < 4.78 is 13.5. The van der Waals surface area contributed by atoms with Crippen LogP contribution in [0.25, 0.3) is 0 Å². The zero-order valence-corrected chi connectivity index (χ0v) is 9.98. The molecule has 1 atom stereocenters. The van der Waals surface area contributed by atoms with Crippen LogP contribution in [0.1, 0.15) is 19.8 Å². The third kappa shape index (κ3) is 3.04. The van der Waals surface area contributed by atoms with E-state index >= 15 is 0 Å². The third-order valence-electron chi connectivity index (χ3n) is 2.58. The Morgan fingerprint density at radius 1 is 1.53 bits per heavy atom. The van der Waals surface area contributed by atoms with Gasteiger partial charge in [-0.05, 0) is 18.6 Å². The van der Waals surface area contributed by atoms with E-state index in [4.69, 9.17) is 5.26 Å². The Labute approximate surface area is 100 Å². The molecule has 0 saturated heterocycles. The van der Waals surface area contributed by atoms with E-state index in [-0.39, 0.29) is 11.6 Å². The van der Waals surface area contributed by atoms with Crippen molar-refractivity contribution in [3.05, 3.63) is 30.1 Å². The summed E-state index contributed by atoms with van der Waals surface area (Å²) in [6.07, 6.45) is 1.24. The van der Waals surface area contributed by atoms with Crippen molar-refractivity contribution in [2.75, 3.05) is 11.9 Å². The minimum Gasteiger partial charge on any atom is -0.312 e. The van der Waals surface area contributed by atoms with Crippen LogP contribution in [-0.4, -0.2) is 13.0 Å². The highest BCUT2D eigenvalue weighted by molar-refractivity contribution is 5.96. The van der Waals surface area contributed by atoms with Crippen LogP contribution >= 0.6 is 0 Å². The third-order valence-corrected chi connectivity index (χ3v) is 2.58. The highest BCUT2D eigenvalue weighted by Crippen LogP contribution is 2.20. The molecule has 1 rings (SSSR count). The average molecular weight is 234 g/mol. The van der Waals surface area contributed by atoms with Crippen molar-refractivity contribution in [2.24, 2.45) is 5.92 Å². The van der Waals surface area contributed by atoms with Crippen molar-refractivity contribution < 1.29 is 9.18 Å². The number of hydrogen-bond donors (Lipinski definition) is 0. The molecule has 17 heavy (non-hydrogen) atoms. The molecule has 1 unspecified atom stereocenters. The largest absolute Gasteiger partial charge is 0.312 e. The van der Waals surface area contributed by atoms with Crippen molar-refractivity contribution in [1.82, 2.24) is 0 Å². The topological polar surface area (TPSA) is 44.1 Å². The predicted molar refractivity (Wildman–Crippen MR) is 63.8 cm³/mol. The number of hydrogen-bond acceptors (Lipinski definition) is 2. The Morgan fingerprint density at radius 3 is 2.71 bits per heavy atom. The quantitative estimate of drug-likeness (QED) is 0.804. The zero-order chi connectivity index (χ0) is 12.8. The van der Waals surface area contributed by atoms with Gasteiger partial charge in [-0.2, -0.15) is 5.26 Å². The lowest BCUT2D eigenvalue weighted by Crippen LogP contribution is -2.32. The molecule has 0 heterocycles. The van der Waals surface area contributed by atoms with E-state index in [1.54, 1.807) is 12.1 Å². The number of rotatable bonds is 4. The number of halogens is 1. The van der Waals surface area contributed by atoms with Crippen LogP contribution in [0, 0.1) is 23.1 Å². The lowest BCUT2D eigenvalue weighted by molar-refractivity contribution is -0.120. The summed E-state index contributed by atoms with van der Waals surface area (Å²) in [6.45, 7) is 1.90. The molecule has 1 amide bonds. The molecule has 0 bridgehead atoms. The monoisotopic (exact) mass is 234 g/mol. The molecule has 0 aromatic heterocycles. The molecule has 0 aliphatic rings. The van der Waals surface area contributed by atoms with Crippen LogP contribution < -0.4 is 4.90 Å². The minimum atomic E-state index is -0.704. The van der Waals surface area contributed by atoms with Crippen LogP contribution in [0.4, 0.5) is 10.1 Å². The van der Waals surface area contributed by atoms with Crippen molar-refractivity contribution in [1.29, 1.82) is 5.26 Å². The molecule has 3 nitrogen and oxygen atoms in total. The molecular formula is C13H15FN2O. The highest BCUT2D eigenvalue weighted by Gasteiger charge is 2.23. The summed E-state index contributed by atoms with van der Waals surface area (Å²) in [5.74, 6) is -1.53. The van der Waals surface area contributed by atoms with Gasteiger partial charge in [-0.3, -0.25) is 4.79 Å². The highest BCUT2D eigenvalue weighted by atomic mass is 19.1. The van der Waals surface area contributed by atoms with Crippen LogP contribution in [0.15, 0.2) is 24.3 Å². The Kier molecular flexibility index (Phi) is 4.65. The number of anilines is 1. The molecular weight excluding hydrogens is 219 g/mol. The smallest absolute Gasteiger partial charge is 0.244 e. The number of benzene rings is 1. The molecule has 0 saturated carbocycles. The molecule has 0 aliphatic carbocycles. The Hall–Kier alpha value is -1.89. The van der Waals surface area contributed by atoms with Gasteiger partial charge in [0, 0.05) is 7.05 Å². The van der Waals surface area contributed by atoms with E-state index in [0.717, 1.165) is 6.42 Å². The van der Waals surface area contributed by atoms with Crippen LogP contribution in [0.2, 0.25) is 0 Å². The SMILES string of the molecule is CCCC(C#N)C(=O)N(C)c1ccccc1F. The van der Waals surface area contributed by atoms with Crippen molar-refractivity contribution in [2.45, 2.75) is 19.8 Å². The zero-order valence-electron chi connectivity index (χ0n) is 9.98. The molecule has 90 valence electrons. The van der Waals surface area contributed by atoms with E-state index in [1.165, 1.54) is 24.1 Å². The van der Waals surface area contributed by atoms with E-state index < -0.39 is 11.7 Å². The number of amides is 1. The first kappa shape index (κ1) is 13.2. The normalized spacial score (nSPS) is 11.6. The summed E-state index contributed by atoms with van der Waals surface area (Å²) in [4.78, 5) is 13.2. The second-order valence-electron chi connectivity index (χ2n) is 3.82. The minimum absolute atomic E-state index is 0.203. The van der Waals surface area contributed by atoms with Crippen molar-refractivity contribution in [3.63, 3.8) is 0 Å². The van der Waals surface area contributed by atoms with Gasteiger partial charge < -0.3 is 4.90 Å². The first-order valence-electron chi connectivity index (χ1n) is 5.53. The fourth-order valence-electron chi connectivity index (χ4n) is 1.61. The Bertz CT molecular complexity index is 439. The fourth-order valence-corrected chi connectivity index (χ4v) is 1.61. The summed E-state index contributed by atoms with van der Waals surface area (Å²) >= 11 is 0. The van der Waals surface area contributed by atoms with Gasteiger partial charge in [-0.1, -0.05) is 25.5 Å². The van der Waals surface area contributed by atoms with Gasteiger partial charge in [0.1, 0.15) is 11.7 Å². The standard InChI is InChI=1S/C13H15FN2O/c1-3-6-10(9-15)13(17)16(2)12-8-5-4-7-11(12)14/h4-5,7-8,10H,3,6H2,1-2H3. The van der Waals surface area contributed by atoms with Crippen LogP contribution in [-0.2, 0) is 4.79 Å². The molecule has 0 spiro atoms. The number of nitrogens with zero attached hydrogens (tertiary/aromatic N) is 2. The molecule has 0 aliphatic heterocycles. The lowest BCUT2D eigenvalue weighted by atomic mass is 10.0.